The minimum absolute atomic E-state index is 0.243. The molecule has 0 aliphatic rings. The summed E-state index contributed by atoms with van der Waals surface area (Å²) < 4.78 is 6.28. The highest BCUT2D eigenvalue weighted by molar-refractivity contribution is 9.10. The summed E-state index contributed by atoms with van der Waals surface area (Å²) in [4.78, 5) is 15.3. The van der Waals surface area contributed by atoms with Crippen LogP contribution in [0.1, 0.15) is 11.1 Å². The molecule has 0 aliphatic heterocycles. The number of halogens is 1. The van der Waals surface area contributed by atoms with Gasteiger partial charge in [0.1, 0.15) is 12.6 Å². The first-order valence-corrected chi connectivity index (χ1v) is 8.14. The van der Waals surface area contributed by atoms with Crippen molar-refractivity contribution in [3.8, 4) is 0 Å². The minimum atomic E-state index is -0.684. The number of aromatic amines is 1. The summed E-state index contributed by atoms with van der Waals surface area (Å²) in [5.41, 5.74) is 8.98. The monoisotopic (exact) mass is 372 g/mol. The molecule has 1 atom stereocenters. The summed E-state index contributed by atoms with van der Waals surface area (Å²) in [5, 5.41) is 1.06. The zero-order chi connectivity index (χ0) is 16.2. The SMILES string of the molecule is NC(Cc1c[nH]c2ccc(Br)cc12)C(=O)OCc1ccccc1. The zero-order valence-corrected chi connectivity index (χ0v) is 14.0. The molecule has 1 heterocycles. The Hall–Kier alpha value is -2.11. The molecule has 118 valence electrons. The number of nitrogens with one attached hydrogen (secondary N) is 1. The molecule has 0 aliphatic carbocycles. The van der Waals surface area contributed by atoms with Gasteiger partial charge in [0.15, 0.2) is 0 Å². The molecule has 0 amide bonds. The smallest absolute Gasteiger partial charge is 0.323 e. The zero-order valence-electron chi connectivity index (χ0n) is 12.5. The van der Waals surface area contributed by atoms with Crippen LogP contribution in [0.2, 0.25) is 0 Å². The van der Waals surface area contributed by atoms with Gasteiger partial charge in [-0.2, -0.15) is 0 Å². The molecule has 1 aromatic heterocycles. The Bertz CT molecular complexity index is 814. The van der Waals surface area contributed by atoms with E-state index in [2.05, 4.69) is 20.9 Å². The molecular weight excluding hydrogens is 356 g/mol. The van der Waals surface area contributed by atoms with Crippen LogP contribution in [0.25, 0.3) is 10.9 Å². The molecule has 3 aromatic rings. The standard InChI is InChI=1S/C18H17BrN2O2/c19-14-6-7-17-15(9-14)13(10-21-17)8-16(20)18(22)23-11-12-4-2-1-3-5-12/h1-7,9-10,16,21H,8,11,20H2. The number of fused-ring (bicyclic) bond motifs is 1. The maximum absolute atomic E-state index is 12.1. The lowest BCUT2D eigenvalue weighted by Crippen LogP contribution is -2.34. The molecule has 3 rings (SSSR count). The van der Waals surface area contributed by atoms with E-state index in [-0.39, 0.29) is 6.61 Å². The molecule has 23 heavy (non-hydrogen) atoms. The van der Waals surface area contributed by atoms with Gasteiger partial charge in [-0.15, -0.1) is 0 Å². The van der Waals surface area contributed by atoms with Gasteiger partial charge in [0.05, 0.1) is 0 Å². The van der Waals surface area contributed by atoms with Crippen molar-refractivity contribution in [3.05, 3.63) is 70.3 Å². The summed E-state index contributed by atoms with van der Waals surface area (Å²) in [6.07, 6.45) is 2.32. The number of H-pyrrole nitrogens is 1. The summed E-state index contributed by atoms with van der Waals surface area (Å²) in [6.45, 7) is 0.243. The Kier molecular flexibility index (Phi) is 4.79. The predicted molar refractivity (Wildman–Crippen MR) is 93.9 cm³/mol. The number of hydrogen-bond donors (Lipinski definition) is 2. The van der Waals surface area contributed by atoms with Crippen molar-refractivity contribution in [1.29, 1.82) is 0 Å². The fraction of sp³-hybridized carbons (Fsp3) is 0.167. The van der Waals surface area contributed by atoms with E-state index in [1.165, 1.54) is 0 Å². The number of benzene rings is 2. The summed E-state index contributed by atoms with van der Waals surface area (Å²) >= 11 is 3.46. The number of hydrogen-bond acceptors (Lipinski definition) is 3. The number of aromatic nitrogens is 1. The third kappa shape index (κ3) is 3.81. The van der Waals surface area contributed by atoms with E-state index in [4.69, 9.17) is 10.5 Å². The van der Waals surface area contributed by atoms with Gasteiger partial charge >= 0.3 is 5.97 Å². The number of carbonyl (C=O) groups excluding carboxylic acids is 1. The second kappa shape index (κ2) is 6.98. The Labute approximate surface area is 142 Å². The first-order chi connectivity index (χ1) is 11.1. The lowest BCUT2D eigenvalue weighted by Gasteiger charge is -2.11. The van der Waals surface area contributed by atoms with Gasteiger partial charge in [-0.25, -0.2) is 0 Å². The second-order valence-electron chi connectivity index (χ2n) is 5.41. The maximum atomic E-state index is 12.1. The van der Waals surface area contributed by atoms with E-state index in [1.807, 2.05) is 54.7 Å². The molecule has 0 spiro atoms. The highest BCUT2D eigenvalue weighted by Gasteiger charge is 2.18. The maximum Gasteiger partial charge on any atom is 0.323 e. The largest absolute Gasteiger partial charge is 0.460 e. The first kappa shape index (κ1) is 15.8. The Balaban J connectivity index is 1.64. The summed E-state index contributed by atoms with van der Waals surface area (Å²) in [6, 6.07) is 14.9. The van der Waals surface area contributed by atoms with Crippen LogP contribution in [-0.2, 0) is 22.6 Å². The quantitative estimate of drug-likeness (QED) is 0.673. The number of rotatable bonds is 5. The van der Waals surface area contributed by atoms with Crippen LogP contribution in [0, 0.1) is 0 Å². The van der Waals surface area contributed by atoms with Crippen molar-refractivity contribution in [2.75, 3.05) is 0 Å². The van der Waals surface area contributed by atoms with Gasteiger partial charge in [0.2, 0.25) is 0 Å². The molecule has 0 saturated carbocycles. The van der Waals surface area contributed by atoms with E-state index in [1.54, 1.807) is 0 Å². The molecule has 0 saturated heterocycles. The minimum Gasteiger partial charge on any atom is -0.460 e. The van der Waals surface area contributed by atoms with Crippen LogP contribution < -0.4 is 5.73 Å². The lowest BCUT2D eigenvalue weighted by atomic mass is 10.1. The van der Waals surface area contributed by atoms with Crippen LogP contribution in [0.4, 0.5) is 0 Å². The number of esters is 1. The predicted octanol–water partition coefficient (Wildman–Crippen LogP) is 3.54. The van der Waals surface area contributed by atoms with E-state index in [9.17, 15) is 4.79 Å². The van der Waals surface area contributed by atoms with Gasteiger partial charge in [-0.05, 0) is 29.3 Å². The lowest BCUT2D eigenvalue weighted by molar-refractivity contribution is -0.146. The number of nitrogens with two attached hydrogens (primary N) is 1. The molecule has 0 fully saturated rings. The van der Waals surface area contributed by atoms with Crippen molar-refractivity contribution in [2.24, 2.45) is 5.73 Å². The molecule has 1 unspecified atom stereocenters. The molecular formula is C18H17BrN2O2. The van der Waals surface area contributed by atoms with Gasteiger partial charge in [-0.1, -0.05) is 46.3 Å². The number of ether oxygens (including phenoxy) is 1. The van der Waals surface area contributed by atoms with Gasteiger partial charge < -0.3 is 15.5 Å². The molecule has 5 heteroatoms. The summed E-state index contributed by atoms with van der Waals surface area (Å²) in [7, 11) is 0. The van der Waals surface area contributed by atoms with Gasteiger partial charge in [-0.3, -0.25) is 4.79 Å². The highest BCUT2D eigenvalue weighted by atomic mass is 79.9. The van der Waals surface area contributed by atoms with Gasteiger partial charge in [0, 0.05) is 28.0 Å². The normalized spacial score (nSPS) is 12.3. The first-order valence-electron chi connectivity index (χ1n) is 7.35. The van der Waals surface area contributed by atoms with Crippen LogP contribution in [0.15, 0.2) is 59.2 Å². The van der Waals surface area contributed by atoms with E-state index < -0.39 is 12.0 Å². The van der Waals surface area contributed by atoms with E-state index in [0.717, 1.165) is 26.5 Å². The fourth-order valence-corrected chi connectivity index (χ4v) is 2.84. The Morgan fingerprint density at radius 3 is 2.78 bits per heavy atom. The van der Waals surface area contributed by atoms with Gasteiger partial charge in [0.25, 0.3) is 0 Å². The summed E-state index contributed by atoms with van der Waals surface area (Å²) in [5.74, 6) is -0.391. The van der Waals surface area contributed by atoms with E-state index in [0.29, 0.717) is 6.42 Å². The number of carbonyl (C=O) groups is 1. The van der Waals surface area contributed by atoms with Crippen molar-refractivity contribution in [2.45, 2.75) is 19.1 Å². The van der Waals surface area contributed by atoms with Crippen molar-refractivity contribution < 1.29 is 9.53 Å². The Morgan fingerprint density at radius 1 is 1.22 bits per heavy atom. The second-order valence-corrected chi connectivity index (χ2v) is 6.32. The van der Waals surface area contributed by atoms with Crippen LogP contribution in [0.5, 0.6) is 0 Å². The molecule has 0 radical (unpaired) electrons. The molecule has 4 nitrogen and oxygen atoms in total. The van der Waals surface area contributed by atoms with Crippen molar-refractivity contribution in [3.63, 3.8) is 0 Å². The van der Waals surface area contributed by atoms with E-state index >= 15 is 0 Å². The van der Waals surface area contributed by atoms with Crippen molar-refractivity contribution in [1.82, 2.24) is 4.98 Å². The third-order valence-electron chi connectivity index (χ3n) is 3.70. The molecule has 2 aromatic carbocycles. The highest BCUT2D eigenvalue weighted by Crippen LogP contribution is 2.23. The van der Waals surface area contributed by atoms with Crippen LogP contribution in [-0.4, -0.2) is 17.0 Å². The molecule has 3 N–H and O–H groups in total. The average Bonchev–Trinajstić information content (AvgIpc) is 2.95. The topological polar surface area (TPSA) is 68.1 Å². The van der Waals surface area contributed by atoms with Crippen molar-refractivity contribution >= 4 is 32.8 Å². The molecule has 0 bridgehead atoms. The average molecular weight is 373 g/mol. The van der Waals surface area contributed by atoms with Crippen LogP contribution in [0.3, 0.4) is 0 Å². The van der Waals surface area contributed by atoms with Crippen LogP contribution >= 0.6 is 15.9 Å². The fourth-order valence-electron chi connectivity index (χ4n) is 2.48. The third-order valence-corrected chi connectivity index (χ3v) is 4.19. The Morgan fingerprint density at radius 2 is 2.00 bits per heavy atom.